The van der Waals surface area contributed by atoms with Crippen LogP contribution in [0.4, 0.5) is 0 Å². The van der Waals surface area contributed by atoms with Crippen LogP contribution in [0, 0.1) is 19.3 Å². The van der Waals surface area contributed by atoms with Gasteiger partial charge in [0.1, 0.15) is 5.75 Å². The normalized spacial score (nSPS) is 11.8. The standard InChI is InChI=1S/C13H19BrO/c1-9-5-11(6-10(2)12(9)15)7-13(3,4)8-14/h5-6,15H,7-8H2,1-4H3. The van der Waals surface area contributed by atoms with Gasteiger partial charge in [0.25, 0.3) is 0 Å². The second-order valence-corrected chi connectivity index (χ2v) is 5.61. The van der Waals surface area contributed by atoms with Crippen LogP contribution in [0.25, 0.3) is 0 Å². The largest absolute Gasteiger partial charge is 0.507 e. The van der Waals surface area contributed by atoms with Gasteiger partial charge in [-0.15, -0.1) is 0 Å². The molecule has 0 heterocycles. The molecule has 84 valence electrons. The summed E-state index contributed by atoms with van der Waals surface area (Å²) in [6, 6.07) is 4.15. The summed E-state index contributed by atoms with van der Waals surface area (Å²) >= 11 is 3.53. The van der Waals surface area contributed by atoms with E-state index in [1.807, 2.05) is 13.8 Å². The van der Waals surface area contributed by atoms with Crippen LogP contribution < -0.4 is 0 Å². The molecular formula is C13H19BrO. The zero-order valence-electron chi connectivity index (χ0n) is 9.89. The minimum atomic E-state index is 0.260. The smallest absolute Gasteiger partial charge is 0.121 e. The van der Waals surface area contributed by atoms with E-state index in [-0.39, 0.29) is 5.41 Å². The van der Waals surface area contributed by atoms with Crippen LogP contribution in [0.15, 0.2) is 12.1 Å². The Balaban J connectivity index is 2.98. The number of rotatable bonds is 3. The van der Waals surface area contributed by atoms with E-state index in [4.69, 9.17) is 0 Å². The lowest BCUT2D eigenvalue weighted by atomic mass is 9.87. The Morgan fingerprint density at radius 1 is 1.20 bits per heavy atom. The van der Waals surface area contributed by atoms with E-state index in [9.17, 15) is 5.11 Å². The van der Waals surface area contributed by atoms with Crippen molar-refractivity contribution in [3.63, 3.8) is 0 Å². The van der Waals surface area contributed by atoms with Gasteiger partial charge in [0.05, 0.1) is 0 Å². The minimum absolute atomic E-state index is 0.260. The van der Waals surface area contributed by atoms with Crippen molar-refractivity contribution in [2.45, 2.75) is 34.1 Å². The summed E-state index contributed by atoms with van der Waals surface area (Å²) in [7, 11) is 0. The number of aryl methyl sites for hydroxylation is 2. The average Bonchev–Trinajstić information content (AvgIpc) is 2.13. The van der Waals surface area contributed by atoms with E-state index in [0.29, 0.717) is 5.75 Å². The molecule has 0 aliphatic heterocycles. The van der Waals surface area contributed by atoms with Crippen LogP contribution in [0.2, 0.25) is 0 Å². The third-order valence-electron chi connectivity index (χ3n) is 2.60. The predicted molar refractivity (Wildman–Crippen MR) is 68.9 cm³/mol. The zero-order chi connectivity index (χ0) is 11.6. The fourth-order valence-corrected chi connectivity index (χ4v) is 1.95. The second-order valence-electron chi connectivity index (χ2n) is 5.05. The van der Waals surface area contributed by atoms with Crippen LogP contribution in [-0.2, 0) is 6.42 Å². The predicted octanol–water partition coefficient (Wildman–Crippen LogP) is 3.97. The molecule has 0 spiro atoms. The summed E-state index contributed by atoms with van der Waals surface area (Å²) in [5, 5.41) is 10.7. The molecule has 0 saturated carbocycles. The van der Waals surface area contributed by atoms with Gasteiger partial charge in [-0.2, -0.15) is 0 Å². The first-order chi connectivity index (χ1) is 6.85. The van der Waals surface area contributed by atoms with E-state index in [2.05, 4.69) is 41.9 Å². The molecule has 0 atom stereocenters. The molecule has 0 aliphatic rings. The molecule has 0 bridgehead atoms. The fourth-order valence-electron chi connectivity index (χ4n) is 1.75. The zero-order valence-corrected chi connectivity index (χ0v) is 11.5. The third kappa shape index (κ3) is 3.23. The van der Waals surface area contributed by atoms with E-state index in [0.717, 1.165) is 22.9 Å². The van der Waals surface area contributed by atoms with Gasteiger partial charge in [-0.05, 0) is 42.4 Å². The maximum atomic E-state index is 9.68. The number of phenols is 1. The van der Waals surface area contributed by atoms with Gasteiger partial charge in [-0.1, -0.05) is 41.9 Å². The Kier molecular flexibility index (Phi) is 3.82. The highest BCUT2D eigenvalue weighted by Gasteiger charge is 2.17. The molecular weight excluding hydrogens is 252 g/mol. The Morgan fingerprint density at radius 2 is 1.67 bits per heavy atom. The third-order valence-corrected chi connectivity index (χ3v) is 4.11. The highest BCUT2D eigenvalue weighted by molar-refractivity contribution is 9.09. The molecule has 2 heteroatoms. The summed E-state index contributed by atoms with van der Waals surface area (Å²) in [4.78, 5) is 0. The molecule has 1 N–H and O–H groups in total. The quantitative estimate of drug-likeness (QED) is 0.825. The monoisotopic (exact) mass is 270 g/mol. The van der Waals surface area contributed by atoms with Gasteiger partial charge in [-0.3, -0.25) is 0 Å². The Labute approximate surface area is 101 Å². The highest BCUT2D eigenvalue weighted by atomic mass is 79.9. The van der Waals surface area contributed by atoms with Crippen LogP contribution in [0.5, 0.6) is 5.75 Å². The van der Waals surface area contributed by atoms with E-state index >= 15 is 0 Å². The van der Waals surface area contributed by atoms with E-state index in [1.165, 1.54) is 5.56 Å². The Hall–Kier alpha value is -0.500. The molecule has 1 nitrogen and oxygen atoms in total. The van der Waals surface area contributed by atoms with Crippen molar-refractivity contribution >= 4 is 15.9 Å². The van der Waals surface area contributed by atoms with Gasteiger partial charge in [0.15, 0.2) is 0 Å². The number of hydrogen-bond acceptors (Lipinski definition) is 1. The Morgan fingerprint density at radius 3 is 2.07 bits per heavy atom. The maximum Gasteiger partial charge on any atom is 0.121 e. The van der Waals surface area contributed by atoms with Crippen LogP contribution >= 0.6 is 15.9 Å². The summed E-state index contributed by atoms with van der Waals surface area (Å²) in [5.41, 5.74) is 3.49. The highest BCUT2D eigenvalue weighted by Crippen LogP contribution is 2.28. The van der Waals surface area contributed by atoms with Crippen molar-refractivity contribution in [2.75, 3.05) is 5.33 Å². The van der Waals surface area contributed by atoms with Gasteiger partial charge in [-0.25, -0.2) is 0 Å². The van der Waals surface area contributed by atoms with Gasteiger partial charge < -0.3 is 5.11 Å². The summed E-state index contributed by atoms with van der Waals surface area (Å²) in [5.74, 6) is 0.426. The molecule has 0 aliphatic carbocycles. The van der Waals surface area contributed by atoms with Gasteiger partial charge >= 0.3 is 0 Å². The van der Waals surface area contributed by atoms with Crippen molar-refractivity contribution in [1.82, 2.24) is 0 Å². The number of benzene rings is 1. The van der Waals surface area contributed by atoms with Crippen molar-refractivity contribution in [2.24, 2.45) is 5.41 Å². The number of aromatic hydroxyl groups is 1. The first-order valence-electron chi connectivity index (χ1n) is 5.21. The maximum absolute atomic E-state index is 9.68. The summed E-state index contributed by atoms with van der Waals surface area (Å²) < 4.78 is 0. The van der Waals surface area contributed by atoms with Crippen molar-refractivity contribution in [3.05, 3.63) is 28.8 Å². The first-order valence-corrected chi connectivity index (χ1v) is 6.33. The SMILES string of the molecule is Cc1cc(CC(C)(C)CBr)cc(C)c1O. The van der Waals surface area contributed by atoms with Gasteiger partial charge in [0.2, 0.25) is 0 Å². The molecule has 0 amide bonds. The van der Waals surface area contributed by atoms with Crippen LogP contribution in [0.1, 0.15) is 30.5 Å². The molecule has 0 fully saturated rings. The van der Waals surface area contributed by atoms with Crippen LogP contribution in [-0.4, -0.2) is 10.4 Å². The van der Waals surface area contributed by atoms with Crippen molar-refractivity contribution in [1.29, 1.82) is 0 Å². The summed E-state index contributed by atoms with van der Waals surface area (Å²) in [6.45, 7) is 8.37. The lowest BCUT2D eigenvalue weighted by Gasteiger charge is -2.22. The number of hydrogen-bond donors (Lipinski definition) is 1. The topological polar surface area (TPSA) is 20.2 Å². The molecule has 0 unspecified atom stereocenters. The second kappa shape index (κ2) is 4.56. The lowest BCUT2D eigenvalue weighted by molar-refractivity contribution is 0.423. The first kappa shape index (κ1) is 12.6. The van der Waals surface area contributed by atoms with E-state index < -0.39 is 0 Å². The molecule has 1 aromatic carbocycles. The number of phenolic OH excluding ortho intramolecular Hbond substituents is 1. The minimum Gasteiger partial charge on any atom is -0.507 e. The molecule has 0 aromatic heterocycles. The number of alkyl halides is 1. The van der Waals surface area contributed by atoms with Gasteiger partial charge in [0, 0.05) is 5.33 Å². The summed E-state index contributed by atoms with van der Waals surface area (Å²) in [6.07, 6.45) is 1.03. The molecule has 1 aromatic rings. The number of halogens is 1. The Bertz CT molecular complexity index is 333. The lowest BCUT2D eigenvalue weighted by Crippen LogP contribution is -2.16. The van der Waals surface area contributed by atoms with Crippen molar-refractivity contribution in [3.8, 4) is 5.75 Å². The molecule has 0 saturated heterocycles. The molecule has 0 radical (unpaired) electrons. The molecule has 15 heavy (non-hydrogen) atoms. The fraction of sp³-hybridized carbons (Fsp3) is 0.538. The van der Waals surface area contributed by atoms with Crippen LogP contribution in [0.3, 0.4) is 0 Å². The van der Waals surface area contributed by atoms with Crippen molar-refractivity contribution < 1.29 is 5.11 Å². The molecule has 1 rings (SSSR count). The van der Waals surface area contributed by atoms with E-state index in [1.54, 1.807) is 0 Å². The average molecular weight is 271 g/mol.